The Morgan fingerprint density at radius 3 is 2.61 bits per heavy atom. The quantitative estimate of drug-likeness (QED) is 0.487. The number of carbonyl (C=O) groups is 1. The van der Waals surface area contributed by atoms with Crippen molar-refractivity contribution in [2.75, 3.05) is 18.8 Å². The monoisotopic (exact) mass is 488 g/mol. The molecule has 1 saturated heterocycles. The molecule has 33 heavy (non-hydrogen) atoms. The van der Waals surface area contributed by atoms with E-state index < -0.39 is 11.9 Å². The number of aromatic nitrogens is 1. The van der Waals surface area contributed by atoms with Crippen LogP contribution in [0, 0.1) is 5.82 Å². The van der Waals surface area contributed by atoms with E-state index in [2.05, 4.69) is 4.98 Å². The molecule has 0 spiro atoms. The number of rotatable bonds is 5. The Labute approximate surface area is 201 Å². The zero-order valence-corrected chi connectivity index (χ0v) is 19.4. The predicted octanol–water partition coefficient (Wildman–Crippen LogP) is 5.09. The Bertz CT molecular complexity index is 1190. The largest absolute Gasteiger partial charge is 0.482 e. The van der Waals surface area contributed by atoms with E-state index in [1.165, 1.54) is 12.1 Å². The van der Waals surface area contributed by atoms with Gasteiger partial charge in [0.25, 0.3) is 5.91 Å². The summed E-state index contributed by atoms with van der Waals surface area (Å²) in [5, 5.41) is 0.188. The van der Waals surface area contributed by atoms with Gasteiger partial charge >= 0.3 is 0 Å². The van der Waals surface area contributed by atoms with Gasteiger partial charge in [0.05, 0.1) is 5.02 Å². The number of amides is 1. The van der Waals surface area contributed by atoms with Crippen LogP contribution in [0.3, 0.4) is 0 Å². The first kappa shape index (κ1) is 23.3. The van der Waals surface area contributed by atoms with Crippen LogP contribution >= 0.6 is 23.2 Å². The number of likely N-dealkylation sites (tertiary alicyclic amines) is 1. The maximum Gasteiger partial charge on any atom is 0.253 e. The van der Waals surface area contributed by atoms with Crippen molar-refractivity contribution in [2.24, 2.45) is 5.73 Å². The molecule has 1 fully saturated rings. The van der Waals surface area contributed by atoms with Gasteiger partial charge < -0.3 is 21.1 Å². The Morgan fingerprint density at radius 2 is 1.94 bits per heavy atom. The molecule has 1 unspecified atom stereocenters. The first-order valence-electron chi connectivity index (χ1n) is 10.5. The normalized spacial score (nSPS) is 16.6. The minimum absolute atomic E-state index is 0.0343. The average molecular weight is 489 g/mol. The van der Waals surface area contributed by atoms with Gasteiger partial charge in [0.2, 0.25) is 0 Å². The minimum Gasteiger partial charge on any atom is -0.482 e. The Hall–Kier alpha value is -2.87. The SMILES string of the molecule is CC(Oc1cc(-c2ccc(C(=O)N3CC[C@H](N)C3)cc2)cnc1N)c1c(Cl)ccc(F)c1Cl. The molecular weight excluding hydrogens is 466 g/mol. The number of ether oxygens (including phenoxy) is 1. The fraction of sp³-hybridized carbons (Fsp3) is 0.250. The molecule has 0 aliphatic carbocycles. The number of nitrogens with zero attached hydrogens (tertiary/aromatic N) is 2. The van der Waals surface area contributed by atoms with Gasteiger partial charge in [-0.1, -0.05) is 35.3 Å². The zero-order valence-electron chi connectivity index (χ0n) is 17.9. The maximum atomic E-state index is 13.9. The number of hydrogen-bond donors (Lipinski definition) is 2. The zero-order chi connectivity index (χ0) is 23.7. The van der Waals surface area contributed by atoms with E-state index in [-0.39, 0.29) is 27.8 Å². The molecule has 2 aromatic carbocycles. The second kappa shape index (κ2) is 9.55. The van der Waals surface area contributed by atoms with Gasteiger partial charge in [-0.05, 0) is 49.2 Å². The summed E-state index contributed by atoms with van der Waals surface area (Å²) in [6.07, 6.45) is 1.76. The maximum absolute atomic E-state index is 13.9. The summed E-state index contributed by atoms with van der Waals surface area (Å²) in [7, 11) is 0. The molecule has 2 heterocycles. The third-order valence-corrected chi connectivity index (χ3v) is 6.36. The van der Waals surface area contributed by atoms with Crippen molar-refractivity contribution in [1.29, 1.82) is 0 Å². The second-order valence-corrected chi connectivity index (χ2v) is 8.79. The molecule has 4 N–H and O–H groups in total. The van der Waals surface area contributed by atoms with Crippen molar-refractivity contribution in [3.05, 3.63) is 75.7 Å². The molecule has 3 aromatic rings. The van der Waals surface area contributed by atoms with Crippen LogP contribution in [0.1, 0.15) is 35.4 Å². The van der Waals surface area contributed by atoms with Crippen LogP contribution < -0.4 is 16.2 Å². The van der Waals surface area contributed by atoms with E-state index in [1.807, 2.05) is 12.1 Å². The van der Waals surface area contributed by atoms with Crippen molar-refractivity contribution in [2.45, 2.75) is 25.5 Å². The van der Waals surface area contributed by atoms with E-state index >= 15 is 0 Å². The third kappa shape index (κ3) is 4.90. The predicted molar refractivity (Wildman–Crippen MR) is 128 cm³/mol. The van der Waals surface area contributed by atoms with E-state index in [0.717, 1.165) is 17.5 Å². The topological polar surface area (TPSA) is 94.5 Å². The highest BCUT2D eigenvalue weighted by Gasteiger charge is 2.24. The van der Waals surface area contributed by atoms with Crippen LogP contribution in [0.15, 0.2) is 48.7 Å². The van der Waals surface area contributed by atoms with Crippen LogP contribution in [-0.2, 0) is 0 Å². The molecule has 6 nitrogen and oxygen atoms in total. The number of anilines is 1. The van der Waals surface area contributed by atoms with Crippen LogP contribution in [0.5, 0.6) is 5.75 Å². The third-order valence-electron chi connectivity index (χ3n) is 5.65. The van der Waals surface area contributed by atoms with Gasteiger partial charge in [-0.3, -0.25) is 4.79 Å². The lowest BCUT2D eigenvalue weighted by atomic mass is 10.0. The lowest BCUT2D eigenvalue weighted by Gasteiger charge is -2.19. The number of halogens is 3. The van der Waals surface area contributed by atoms with E-state index in [0.29, 0.717) is 30.0 Å². The summed E-state index contributed by atoms with van der Waals surface area (Å²) in [6.45, 7) is 2.94. The number of carbonyl (C=O) groups excluding carboxylic acids is 1. The van der Waals surface area contributed by atoms with Gasteiger partial charge in [-0.25, -0.2) is 9.37 Å². The summed E-state index contributed by atoms with van der Waals surface area (Å²) in [5.74, 6) is -0.141. The molecule has 0 saturated carbocycles. The Morgan fingerprint density at radius 1 is 1.21 bits per heavy atom. The van der Waals surface area contributed by atoms with Crippen molar-refractivity contribution in [1.82, 2.24) is 9.88 Å². The van der Waals surface area contributed by atoms with Gasteiger partial charge in [-0.2, -0.15) is 0 Å². The molecule has 0 radical (unpaired) electrons. The standard InChI is InChI=1S/C24H23Cl2FN4O2/c1-13(21-18(25)6-7-19(27)22(21)26)33-20-10-16(11-30-23(20)29)14-2-4-15(5-3-14)24(32)31-9-8-17(28)12-31/h2-7,10-11,13,17H,8-9,12,28H2,1H3,(H2,29,30)/t13?,17-/m0/s1. The fourth-order valence-electron chi connectivity index (χ4n) is 3.83. The number of nitrogens with two attached hydrogens (primary N) is 2. The second-order valence-electron chi connectivity index (χ2n) is 8.00. The highest BCUT2D eigenvalue weighted by Crippen LogP contribution is 2.37. The average Bonchev–Trinajstić information content (AvgIpc) is 3.24. The molecule has 1 aromatic heterocycles. The lowest BCUT2D eigenvalue weighted by molar-refractivity contribution is 0.0791. The van der Waals surface area contributed by atoms with Gasteiger partial charge in [-0.15, -0.1) is 0 Å². The van der Waals surface area contributed by atoms with E-state index in [1.54, 1.807) is 36.2 Å². The van der Waals surface area contributed by atoms with Crippen molar-refractivity contribution < 1.29 is 13.9 Å². The van der Waals surface area contributed by atoms with E-state index in [4.69, 9.17) is 39.4 Å². The van der Waals surface area contributed by atoms with Crippen LogP contribution in [-0.4, -0.2) is 34.9 Å². The number of benzene rings is 2. The van der Waals surface area contributed by atoms with Gasteiger partial charge in [0.1, 0.15) is 11.9 Å². The highest BCUT2D eigenvalue weighted by molar-refractivity contribution is 6.36. The van der Waals surface area contributed by atoms with Crippen LogP contribution in [0.4, 0.5) is 10.2 Å². The number of nitrogen functional groups attached to an aromatic ring is 1. The summed E-state index contributed by atoms with van der Waals surface area (Å²) in [5.41, 5.74) is 14.4. The van der Waals surface area contributed by atoms with Crippen LogP contribution in [0.25, 0.3) is 11.1 Å². The first-order valence-corrected chi connectivity index (χ1v) is 11.2. The summed E-state index contributed by atoms with van der Waals surface area (Å²) >= 11 is 12.3. The Kier molecular flexibility index (Phi) is 6.74. The molecule has 1 amide bonds. The fourth-order valence-corrected chi connectivity index (χ4v) is 4.51. The molecule has 0 bridgehead atoms. The highest BCUT2D eigenvalue weighted by atomic mass is 35.5. The van der Waals surface area contributed by atoms with Crippen molar-refractivity contribution in [3.8, 4) is 16.9 Å². The summed E-state index contributed by atoms with van der Waals surface area (Å²) in [4.78, 5) is 18.6. The molecule has 172 valence electrons. The van der Waals surface area contributed by atoms with Crippen molar-refractivity contribution >= 4 is 34.9 Å². The van der Waals surface area contributed by atoms with Crippen LogP contribution in [0.2, 0.25) is 10.0 Å². The van der Waals surface area contributed by atoms with Gasteiger partial charge in [0.15, 0.2) is 11.6 Å². The smallest absolute Gasteiger partial charge is 0.253 e. The summed E-state index contributed by atoms with van der Waals surface area (Å²) < 4.78 is 19.9. The van der Waals surface area contributed by atoms with Gasteiger partial charge in [0, 0.05) is 47.0 Å². The number of hydrogen-bond acceptors (Lipinski definition) is 5. The minimum atomic E-state index is -0.674. The molecule has 2 atom stereocenters. The molecule has 9 heteroatoms. The summed E-state index contributed by atoms with van der Waals surface area (Å²) in [6, 6.07) is 11.6. The Balaban J connectivity index is 1.55. The molecule has 1 aliphatic rings. The van der Waals surface area contributed by atoms with E-state index in [9.17, 15) is 9.18 Å². The van der Waals surface area contributed by atoms with Crippen molar-refractivity contribution in [3.63, 3.8) is 0 Å². The molecular formula is C24H23Cl2FN4O2. The lowest BCUT2D eigenvalue weighted by Crippen LogP contribution is -2.31. The number of pyridine rings is 1. The molecule has 4 rings (SSSR count). The first-order chi connectivity index (χ1) is 15.7. The molecule has 1 aliphatic heterocycles.